The maximum atomic E-state index is 11.6. The van der Waals surface area contributed by atoms with E-state index in [-0.39, 0.29) is 12.5 Å². The zero-order chi connectivity index (χ0) is 13.7. The number of amides is 1. The maximum absolute atomic E-state index is 11.6. The van der Waals surface area contributed by atoms with Gasteiger partial charge in [0.15, 0.2) is 6.61 Å². The summed E-state index contributed by atoms with van der Waals surface area (Å²) in [5, 5.41) is 3.01. The maximum Gasteiger partial charge on any atom is 0.262 e. The fourth-order valence-electron chi connectivity index (χ4n) is 1.36. The van der Waals surface area contributed by atoms with Gasteiger partial charge in [0.05, 0.1) is 11.9 Å². The van der Waals surface area contributed by atoms with Crippen molar-refractivity contribution in [2.45, 2.75) is 0 Å². The molecule has 3 N–H and O–H groups in total. The molecule has 2 rings (SSSR count). The first kappa shape index (κ1) is 13.2. The molecule has 0 fully saturated rings. The number of rotatable bonds is 4. The van der Waals surface area contributed by atoms with E-state index in [9.17, 15) is 4.79 Å². The van der Waals surface area contributed by atoms with Gasteiger partial charge in [0.2, 0.25) is 0 Å². The average molecular weight is 278 g/mol. The minimum absolute atomic E-state index is 0.0907. The van der Waals surface area contributed by atoms with Crippen LogP contribution in [-0.2, 0) is 4.79 Å². The van der Waals surface area contributed by atoms with E-state index >= 15 is 0 Å². The van der Waals surface area contributed by atoms with E-state index in [1.54, 1.807) is 36.4 Å². The van der Waals surface area contributed by atoms with Crippen LogP contribution in [0.3, 0.4) is 0 Å². The van der Waals surface area contributed by atoms with Gasteiger partial charge < -0.3 is 15.8 Å². The summed E-state index contributed by atoms with van der Waals surface area (Å²) >= 11 is 5.64. The van der Waals surface area contributed by atoms with Gasteiger partial charge in [0, 0.05) is 5.69 Å². The third-order valence-electron chi connectivity index (χ3n) is 2.26. The van der Waals surface area contributed by atoms with E-state index in [0.717, 1.165) is 0 Å². The number of pyridine rings is 1. The number of nitrogen functional groups attached to an aromatic ring is 1. The number of carbonyl (C=O) groups excluding carboxylic acids is 1. The number of benzene rings is 1. The summed E-state index contributed by atoms with van der Waals surface area (Å²) in [7, 11) is 0. The van der Waals surface area contributed by atoms with Gasteiger partial charge in [0.1, 0.15) is 10.9 Å². The Hall–Kier alpha value is -2.27. The molecule has 0 unspecified atom stereocenters. The van der Waals surface area contributed by atoms with E-state index in [2.05, 4.69) is 10.3 Å². The molecule has 0 atom stereocenters. The Kier molecular flexibility index (Phi) is 4.20. The van der Waals surface area contributed by atoms with Gasteiger partial charge in [-0.05, 0) is 36.4 Å². The summed E-state index contributed by atoms with van der Waals surface area (Å²) < 4.78 is 5.30. The van der Waals surface area contributed by atoms with Crippen molar-refractivity contribution in [2.24, 2.45) is 0 Å². The van der Waals surface area contributed by atoms with Crippen molar-refractivity contribution in [3.63, 3.8) is 0 Å². The molecule has 6 heteroatoms. The van der Waals surface area contributed by atoms with E-state index < -0.39 is 0 Å². The summed E-state index contributed by atoms with van der Waals surface area (Å²) in [6.07, 6.45) is 1.48. The Balaban J connectivity index is 1.84. The molecule has 0 aliphatic heterocycles. The molecule has 2 aromatic rings. The van der Waals surface area contributed by atoms with Gasteiger partial charge >= 0.3 is 0 Å². The lowest BCUT2D eigenvalue weighted by Gasteiger charge is -2.07. The topological polar surface area (TPSA) is 77.2 Å². The summed E-state index contributed by atoms with van der Waals surface area (Å²) in [5.41, 5.74) is 6.75. The molecule has 0 aliphatic carbocycles. The summed E-state index contributed by atoms with van der Waals surface area (Å²) in [5.74, 6) is 0.305. The first-order valence-electron chi connectivity index (χ1n) is 5.53. The van der Waals surface area contributed by atoms with Crippen molar-refractivity contribution in [2.75, 3.05) is 17.7 Å². The second-order valence-corrected chi connectivity index (χ2v) is 4.16. The van der Waals surface area contributed by atoms with Gasteiger partial charge in [-0.1, -0.05) is 11.6 Å². The molecule has 1 heterocycles. The van der Waals surface area contributed by atoms with Gasteiger partial charge in [-0.15, -0.1) is 0 Å². The Morgan fingerprint density at radius 1 is 1.26 bits per heavy atom. The molecule has 98 valence electrons. The fourth-order valence-corrected chi connectivity index (χ4v) is 1.47. The molecule has 0 radical (unpaired) electrons. The monoisotopic (exact) mass is 277 g/mol. The largest absolute Gasteiger partial charge is 0.484 e. The van der Waals surface area contributed by atoms with Crippen LogP contribution >= 0.6 is 11.6 Å². The van der Waals surface area contributed by atoms with Gasteiger partial charge in [0.25, 0.3) is 5.91 Å². The number of hydrogen-bond donors (Lipinski definition) is 2. The van der Waals surface area contributed by atoms with Crippen molar-refractivity contribution in [3.05, 3.63) is 47.7 Å². The lowest BCUT2D eigenvalue weighted by Crippen LogP contribution is -2.20. The molecule has 5 nitrogen and oxygen atoms in total. The van der Waals surface area contributed by atoms with Gasteiger partial charge in [-0.25, -0.2) is 4.98 Å². The highest BCUT2D eigenvalue weighted by atomic mass is 35.5. The van der Waals surface area contributed by atoms with Crippen molar-refractivity contribution >= 4 is 28.9 Å². The van der Waals surface area contributed by atoms with Crippen LogP contribution in [0.5, 0.6) is 5.75 Å². The van der Waals surface area contributed by atoms with Crippen LogP contribution in [0.25, 0.3) is 0 Å². The zero-order valence-electron chi connectivity index (χ0n) is 9.97. The van der Waals surface area contributed by atoms with Crippen molar-refractivity contribution in [3.8, 4) is 5.75 Å². The number of anilines is 2. The quantitative estimate of drug-likeness (QED) is 0.664. The Morgan fingerprint density at radius 3 is 2.63 bits per heavy atom. The van der Waals surface area contributed by atoms with Gasteiger partial charge in [-0.3, -0.25) is 4.79 Å². The third-order valence-corrected chi connectivity index (χ3v) is 2.48. The summed E-state index contributed by atoms with van der Waals surface area (Å²) in [6, 6.07) is 10.1. The first-order chi connectivity index (χ1) is 9.13. The summed E-state index contributed by atoms with van der Waals surface area (Å²) in [6.45, 7) is -0.0907. The smallest absolute Gasteiger partial charge is 0.262 e. The molecular weight excluding hydrogens is 266 g/mol. The number of nitrogens with zero attached hydrogens (tertiary/aromatic N) is 1. The molecule has 0 aliphatic rings. The Labute approximate surface area is 115 Å². The van der Waals surface area contributed by atoms with E-state index in [1.807, 2.05) is 0 Å². The van der Waals surface area contributed by atoms with Crippen LogP contribution in [0.2, 0.25) is 5.15 Å². The lowest BCUT2D eigenvalue weighted by molar-refractivity contribution is -0.118. The van der Waals surface area contributed by atoms with E-state index in [1.165, 1.54) is 6.20 Å². The van der Waals surface area contributed by atoms with Crippen molar-refractivity contribution in [1.29, 1.82) is 0 Å². The standard InChI is InChI=1S/C13H12ClN3O2/c14-12-6-3-10(7-16-12)17-13(18)8-19-11-4-1-9(15)2-5-11/h1-7H,8,15H2,(H,17,18). The van der Waals surface area contributed by atoms with Crippen LogP contribution < -0.4 is 15.8 Å². The first-order valence-corrected chi connectivity index (χ1v) is 5.91. The zero-order valence-corrected chi connectivity index (χ0v) is 10.7. The number of ether oxygens (including phenoxy) is 1. The second kappa shape index (κ2) is 6.06. The fraction of sp³-hybridized carbons (Fsp3) is 0.0769. The predicted molar refractivity (Wildman–Crippen MR) is 74.2 cm³/mol. The average Bonchev–Trinajstić information content (AvgIpc) is 2.41. The van der Waals surface area contributed by atoms with Crippen LogP contribution in [0, 0.1) is 0 Å². The molecule has 19 heavy (non-hydrogen) atoms. The molecule has 0 saturated carbocycles. The van der Waals surface area contributed by atoms with Gasteiger partial charge in [-0.2, -0.15) is 0 Å². The Bertz CT molecular complexity index is 555. The normalized spacial score (nSPS) is 9.95. The number of carbonyl (C=O) groups is 1. The Morgan fingerprint density at radius 2 is 2.00 bits per heavy atom. The summed E-state index contributed by atoms with van der Waals surface area (Å²) in [4.78, 5) is 15.5. The minimum atomic E-state index is -0.277. The number of nitrogens with one attached hydrogen (secondary N) is 1. The number of nitrogens with two attached hydrogens (primary N) is 1. The highest BCUT2D eigenvalue weighted by Crippen LogP contribution is 2.13. The molecule has 1 amide bonds. The molecule has 1 aromatic carbocycles. The van der Waals surface area contributed by atoms with Crippen molar-refractivity contribution in [1.82, 2.24) is 4.98 Å². The van der Waals surface area contributed by atoms with Crippen LogP contribution in [-0.4, -0.2) is 17.5 Å². The van der Waals surface area contributed by atoms with Crippen LogP contribution in [0.1, 0.15) is 0 Å². The second-order valence-electron chi connectivity index (χ2n) is 3.78. The highest BCUT2D eigenvalue weighted by Gasteiger charge is 2.04. The molecular formula is C13H12ClN3O2. The third kappa shape index (κ3) is 4.15. The minimum Gasteiger partial charge on any atom is -0.484 e. The number of halogens is 1. The van der Waals surface area contributed by atoms with Crippen LogP contribution in [0.4, 0.5) is 11.4 Å². The number of hydrogen-bond acceptors (Lipinski definition) is 4. The lowest BCUT2D eigenvalue weighted by atomic mass is 10.3. The molecule has 1 aromatic heterocycles. The van der Waals surface area contributed by atoms with Crippen molar-refractivity contribution < 1.29 is 9.53 Å². The molecule has 0 spiro atoms. The molecule has 0 bridgehead atoms. The van der Waals surface area contributed by atoms with E-state index in [4.69, 9.17) is 22.1 Å². The predicted octanol–water partition coefficient (Wildman–Crippen LogP) is 2.33. The SMILES string of the molecule is Nc1ccc(OCC(=O)Nc2ccc(Cl)nc2)cc1. The van der Waals surface area contributed by atoms with E-state index in [0.29, 0.717) is 22.3 Å². The number of aromatic nitrogens is 1. The van der Waals surface area contributed by atoms with Crippen LogP contribution in [0.15, 0.2) is 42.6 Å². The highest BCUT2D eigenvalue weighted by molar-refractivity contribution is 6.29. The molecule has 0 saturated heterocycles.